The number of halogens is 1. The van der Waals surface area contributed by atoms with Crippen molar-refractivity contribution in [2.75, 3.05) is 0 Å². The molecule has 2 aromatic carbocycles. The molecule has 0 bridgehead atoms. The van der Waals surface area contributed by atoms with Crippen molar-refractivity contribution < 1.29 is 4.74 Å². The van der Waals surface area contributed by atoms with Crippen molar-refractivity contribution in [1.29, 1.82) is 0 Å². The average molecular weight is 288 g/mol. The van der Waals surface area contributed by atoms with E-state index in [2.05, 4.69) is 18.2 Å². The summed E-state index contributed by atoms with van der Waals surface area (Å²) in [4.78, 5) is 0. The van der Waals surface area contributed by atoms with Gasteiger partial charge in [0.1, 0.15) is 11.9 Å². The molecule has 0 fully saturated rings. The summed E-state index contributed by atoms with van der Waals surface area (Å²) in [5, 5.41) is 0.690. The van der Waals surface area contributed by atoms with Gasteiger partial charge in [0.05, 0.1) is 6.04 Å². The topological polar surface area (TPSA) is 35.2 Å². The zero-order valence-electron chi connectivity index (χ0n) is 11.5. The summed E-state index contributed by atoms with van der Waals surface area (Å²) in [5.74, 6) is 0.831. The minimum Gasteiger partial charge on any atom is -0.488 e. The van der Waals surface area contributed by atoms with Crippen molar-refractivity contribution in [3.8, 4) is 5.75 Å². The van der Waals surface area contributed by atoms with Crippen LogP contribution >= 0.6 is 11.6 Å². The number of ether oxygens (including phenoxy) is 1. The van der Waals surface area contributed by atoms with Crippen molar-refractivity contribution >= 4 is 11.6 Å². The van der Waals surface area contributed by atoms with Gasteiger partial charge in [-0.15, -0.1) is 0 Å². The van der Waals surface area contributed by atoms with Gasteiger partial charge in [-0.05, 0) is 48.6 Å². The fraction of sp³-hybridized carbons (Fsp3) is 0.294. The molecule has 0 saturated carbocycles. The molecule has 3 heteroatoms. The third-order valence-electron chi connectivity index (χ3n) is 3.94. The van der Waals surface area contributed by atoms with Crippen LogP contribution in [0.5, 0.6) is 5.75 Å². The fourth-order valence-corrected chi connectivity index (χ4v) is 2.92. The molecule has 1 aliphatic rings. The maximum absolute atomic E-state index is 6.37. The van der Waals surface area contributed by atoms with Gasteiger partial charge in [-0.1, -0.05) is 41.9 Å². The normalized spacial score (nSPS) is 21.4. The lowest BCUT2D eigenvalue weighted by molar-refractivity contribution is 0.152. The standard InChI is InChI=1S/C17H18ClNO/c1-11-6-8-13(18)10-16(11)20-15-9-7-12-4-2-3-5-14(12)17(15)19/h2-6,8,10,15,17H,7,9,19H2,1H3. The Morgan fingerprint density at radius 1 is 1.20 bits per heavy atom. The molecule has 0 spiro atoms. The lowest BCUT2D eigenvalue weighted by Gasteiger charge is -2.31. The highest BCUT2D eigenvalue weighted by atomic mass is 35.5. The van der Waals surface area contributed by atoms with Crippen LogP contribution in [0.1, 0.15) is 29.2 Å². The van der Waals surface area contributed by atoms with Gasteiger partial charge in [0.15, 0.2) is 0 Å². The Labute approximate surface area is 124 Å². The minimum absolute atomic E-state index is 0.00191. The molecule has 2 N–H and O–H groups in total. The molecule has 3 rings (SSSR count). The number of nitrogens with two attached hydrogens (primary N) is 1. The Hall–Kier alpha value is -1.51. The fourth-order valence-electron chi connectivity index (χ4n) is 2.76. The molecule has 104 valence electrons. The molecule has 0 amide bonds. The number of aryl methyl sites for hydroxylation is 2. The van der Waals surface area contributed by atoms with Gasteiger partial charge in [0, 0.05) is 5.02 Å². The quantitative estimate of drug-likeness (QED) is 0.905. The molecular formula is C17H18ClNO. The van der Waals surface area contributed by atoms with Gasteiger partial charge in [-0.2, -0.15) is 0 Å². The third-order valence-corrected chi connectivity index (χ3v) is 4.18. The summed E-state index contributed by atoms with van der Waals surface area (Å²) in [5.41, 5.74) is 9.99. The van der Waals surface area contributed by atoms with E-state index in [1.807, 2.05) is 31.2 Å². The van der Waals surface area contributed by atoms with E-state index in [-0.39, 0.29) is 12.1 Å². The maximum atomic E-state index is 6.37. The van der Waals surface area contributed by atoms with Crippen LogP contribution in [0.3, 0.4) is 0 Å². The van der Waals surface area contributed by atoms with Crippen LogP contribution < -0.4 is 10.5 Å². The predicted octanol–water partition coefficient (Wildman–Crippen LogP) is 4.04. The van der Waals surface area contributed by atoms with Gasteiger partial charge >= 0.3 is 0 Å². The Bertz CT molecular complexity index is 626. The summed E-state index contributed by atoms with van der Waals surface area (Å²) in [7, 11) is 0. The van der Waals surface area contributed by atoms with E-state index < -0.39 is 0 Å². The molecule has 1 aliphatic carbocycles. The second-order valence-corrected chi connectivity index (χ2v) is 5.77. The van der Waals surface area contributed by atoms with Gasteiger partial charge in [0.25, 0.3) is 0 Å². The van der Waals surface area contributed by atoms with E-state index >= 15 is 0 Å². The first kappa shape index (κ1) is 13.5. The highest BCUT2D eigenvalue weighted by Gasteiger charge is 2.28. The highest BCUT2D eigenvalue weighted by Crippen LogP contribution is 2.32. The molecule has 0 aliphatic heterocycles. The van der Waals surface area contributed by atoms with E-state index in [0.29, 0.717) is 5.02 Å². The molecular weight excluding hydrogens is 270 g/mol. The highest BCUT2D eigenvalue weighted by molar-refractivity contribution is 6.30. The second kappa shape index (κ2) is 5.47. The molecule has 2 atom stereocenters. The van der Waals surface area contributed by atoms with E-state index in [4.69, 9.17) is 22.1 Å². The molecule has 2 aromatic rings. The molecule has 2 nitrogen and oxygen atoms in total. The molecule has 0 heterocycles. The first-order chi connectivity index (χ1) is 9.65. The number of hydrogen-bond acceptors (Lipinski definition) is 2. The SMILES string of the molecule is Cc1ccc(Cl)cc1OC1CCc2ccccc2C1N. The lowest BCUT2D eigenvalue weighted by Crippen LogP contribution is -2.36. The van der Waals surface area contributed by atoms with Crippen LogP contribution in [0.15, 0.2) is 42.5 Å². The Morgan fingerprint density at radius 3 is 2.85 bits per heavy atom. The molecule has 0 saturated heterocycles. The minimum atomic E-state index is -0.0849. The predicted molar refractivity (Wildman–Crippen MR) is 82.3 cm³/mol. The van der Waals surface area contributed by atoms with Crippen molar-refractivity contribution in [3.63, 3.8) is 0 Å². The molecule has 2 unspecified atom stereocenters. The summed E-state index contributed by atoms with van der Waals surface area (Å²) >= 11 is 6.04. The van der Waals surface area contributed by atoms with Gasteiger partial charge in [-0.25, -0.2) is 0 Å². The Balaban J connectivity index is 1.84. The summed E-state index contributed by atoms with van der Waals surface area (Å²) in [6.07, 6.45) is 1.94. The largest absolute Gasteiger partial charge is 0.488 e. The second-order valence-electron chi connectivity index (χ2n) is 5.33. The van der Waals surface area contributed by atoms with Crippen LogP contribution in [0, 0.1) is 6.92 Å². The lowest BCUT2D eigenvalue weighted by atomic mass is 9.86. The first-order valence-corrected chi connectivity index (χ1v) is 7.29. The summed E-state index contributed by atoms with van der Waals surface area (Å²) in [6.45, 7) is 2.02. The molecule has 0 aromatic heterocycles. The van der Waals surface area contributed by atoms with Crippen LogP contribution in [0.25, 0.3) is 0 Å². The number of hydrogen-bond donors (Lipinski definition) is 1. The van der Waals surface area contributed by atoms with Crippen molar-refractivity contribution in [1.82, 2.24) is 0 Å². The van der Waals surface area contributed by atoms with E-state index in [1.54, 1.807) is 0 Å². The van der Waals surface area contributed by atoms with Crippen LogP contribution in [-0.4, -0.2) is 6.10 Å². The van der Waals surface area contributed by atoms with Gasteiger partial charge in [0.2, 0.25) is 0 Å². The maximum Gasteiger partial charge on any atom is 0.124 e. The van der Waals surface area contributed by atoms with Crippen molar-refractivity contribution in [3.05, 3.63) is 64.2 Å². The van der Waals surface area contributed by atoms with E-state index in [0.717, 1.165) is 24.2 Å². The first-order valence-electron chi connectivity index (χ1n) is 6.91. The Morgan fingerprint density at radius 2 is 2.00 bits per heavy atom. The van der Waals surface area contributed by atoms with Gasteiger partial charge in [-0.3, -0.25) is 0 Å². The van der Waals surface area contributed by atoms with Crippen LogP contribution in [0.4, 0.5) is 0 Å². The number of benzene rings is 2. The summed E-state index contributed by atoms with van der Waals surface area (Å²) < 4.78 is 6.13. The van der Waals surface area contributed by atoms with Crippen LogP contribution in [0.2, 0.25) is 5.02 Å². The smallest absolute Gasteiger partial charge is 0.124 e. The zero-order chi connectivity index (χ0) is 14.1. The third kappa shape index (κ3) is 2.54. The van der Waals surface area contributed by atoms with Crippen molar-refractivity contribution in [2.45, 2.75) is 31.9 Å². The molecule has 20 heavy (non-hydrogen) atoms. The monoisotopic (exact) mass is 287 g/mol. The van der Waals surface area contributed by atoms with Crippen LogP contribution in [-0.2, 0) is 6.42 Å². The summed E-state index contributed by atoms with van der Waals surface area (Å²) in [6, 6.07) is 14.0. The Kier molecular flexibility index (Phi) is 3.68. The average Bonchev–Trinajstić information content (AvgIpc) is 2.46. The number of fused-ring (bicyclic) bond motifs is 1. The van der Waals surface area contributed by atoms with Crippen molar-refractivity contribution in [2.24, 2.45) is 5.73 Å². The number of rotatable bonds is 2. The van der Waals surface area contributed by atoms with E-state index in [1.165, 1.54) is 11.1 Å². The molecule has 0 radical (unpaired) electrons. The van der Waals surface area contributed by atoms with Gasteiger partial charge < -0.3 is 10.5 Å². The zero-order valence-corrected chi connectivity index (χ0v) is 12.2. The van der Waals surface area contributed by atoms with E-state index in [9.17, 15) is 0 Å².